The molecule has 0 bridgehead atoms. The van der Waals surface area contributed by atoms with Crippen molar-refractivity contribution in [3.8, 4) is 11.5 Å². The second-order valence-corrected chi connectivity index (χ2v) is 4.67. The Hall–Kier alpha value is -1.84. The van der Waals surface area contributed by atoms with E-state index in [2.05, 4.69) is 11.4 Å². The van der Waals surface area contributed by atoms with Crippen molar-refractivity contribution < 1.29 is 9.84 Å². The van der Waals surface area contributed by atoms with E-state index in [1.54, 1.807) is 0 Å². The Balaban J connectivity index is 1.84. The summed E-state index contributed by atoms with van der Waals surface area (Å²) in [6, 6.07) is 17.9. The largest absolute Gasteiger partial charge is 0.457 e. The SMILES string of the molecule is OCCCCNCc1cccc(Oc2ccccc2)c1. The van der Waals surface area contributed by atoms with Crippen LogP contribution in [0.1, 0.15) is 18.4 Å². The normalized spacial score (nSPS) is 10.4. The van der Waals surface area contributed by atoms with Gasteiger partial charge >= 0.3 is 0 Å². The third-order valence-corrected chi connectivity index (χ3v) is 2.97. The van der Waals surface area contributed by atoms with Gasteiger partial charge in [0, 0.05) is 13.2 Å². The molecule has 0 fully saturated rings. The molecule has 3 nitrogen and oxygen atoms in total. The van der Waals surface area contributed by atoms with Crippen molar-refractivity contribution in [1.29, 1.82) is 0 Å². The molecule has 0 spiro atoms. The first-order valence-electron chi connectivity index (χ1n) is 7.02. The van der Waals surface area contributed by atoms with Crippen LogP contribution in [-0.2, 0) is 6.54 Å². The summed E-state index contributed by atoms with van der Waals surface area (Å²) in [5, 5.41) is 12.1. The summed E-state index contributed by atoms with van der Waals surface area (Å²) < 4.78 is 5.80. The molecule has 0 saturated heterocycles. The van der Waals surface area contributed by atoms with E-state index in [1.807, 2.05) is 48.5 Å². The minimum absolute atomic E-state index is 0.266. The van der Waals surface area contributed by atoms with Crippen LogP contribution in [0.5, 0.6) is 11.5 Å². The van der Waals surface area contributed by atoms with E-state index >= 15 is 0 Å². The van der Waals surface area contributed by atoms with Gasteiger partial charge in [-0.1, -0.05) is 30.3 Å². The first kappa shape index (κ1) is 14.6. The van der Waals surface area contributed by atoms with Gasteiger partial charge in [0.05, 0.1) is 0 Å². The summed E-state index contributed by atoms with van der Waals surface area (Å²) in [5.74, 6) is 1.70. The number of unbranched alkanes of at least 4 members (excludes halogenated alkanes) is 1. The monoisotopic (exact) mass is 271 g/mol. The number of hydrogen-bond acceptors (Lipinski definition) is 3. The molecule has 106 valence electrons. The van der Waals surface area contributed by atoms with Crippen LogP contribution < -0.4 is 10.1 Å². The predicted molar refractivity (Wildman–Crippen MR) is 81.0 cm³/mol. The highest BCUT2D eigenvalue weighted by atomic mass is 16.5. The van der Waals surface area contributed by atoms with Gasteiger partial charge in [0.2, 0.25) is 0 Å². The number of benzene rings is 2. The van der Waals surface area contributed by atoms with E-state index in [4.69, 9.17) is 9.84 Å². The molecule has 0 atom stereocenters. The molecule has 20 heavy (non-hydrogen) atoms. The Morgan fingerprint density at radius 2 is 1.70 bits per heavy atom. The summed E-state index contributed by atoms with van der Waals surface area (Å²) in [4.78, 5) is 0. The quantitative estimate of drug-likeness (QED) is 0.724. The van der Waals surface area contributed by atoms with E-state index in [0.29, 0.717) is 0 Å². The van der Waals surface area contributed by atoms with Gasteiger partial charge in [-0.2, -0.15) is 0 Å². The zero-order chi connectivity index (χ0) is 14.0. The van der Waals surface area contributed by atoms with Crippen molar-refractivity contribution in [3.05, 3.63) is 60.2 Å². The van der Waals surface area contributed by atoms with E-state index in [1.165, 1.54) is 5.56 Å². The van der Waals surface area contributed by atoms with E-state index in [9.17, 15) is 0 Å². The van der Waals surface area contributed by atoms with Gasteiger partial charge in [0.1, 0.15) is 11.5 Å². The van der Waals surface area contributed by atoms with Gasteiger partial charge in [0.25, 0.3) is 0 Å². The fraction of sp³-hybridized carbons (Fsp3) is 0.294. The molecule has 0 heterocycles. The molecule has 0 aliphatic carbocycles. The molecule has 2 aromatic rings. The van der Waals surface area contributed by atoms with Crippen molar-refractivity contribution in [2.24, 2.45) is 0 Å². The van der Waals surface area contributed by atoms with Gasteiger partial charge < -0.3 is 15.2 Å². The number of rotatable bonds is 8. The Bertz CT molecular complexity index is 499. The number of para-hydroxylation sites is 1. The van der Waals surface area contributed by atoms with Crippen LogP contribution in [0.3, 0.4) is 0 Å². The number of nitrogens with one attached hydrogen (secondary N) is 1. The third-order valence-electron chi connectivity index (χ3n) is 2.97. The second-order valence-electron chi connectivity index (χ2n) is 4.67. The lowest BCUT2D eigenvalue weighted by atomic mass is 10.2. The van der Waals surface area contributed by atoms with Crippen LogP contribution in [0.2, 0.25) is 0 Å². The second kappa shape index (κ2) is 8.35. The minimum Gasteiger partial charge on any atom is -0.457 e. The molecule has 3 heteroatoms. The number of ether oxygens (including phenoxy) is 1. The summed E-state index contributed by atoms with van der Waals surface area (Å²) in [6.45, 7) is 2.00. The lowest BCUT2D eigenvalue weighted by Crippen LogP contribution is -2.14. The Morgan fingerprint density at radius 1 is 0.900 bits per heavy atom. The molecule has 0 radical (unpaired) electrons. The van der Waals surface area contributed by atoms with Crippen LogP contribution in [0, 0.1) is 0 Å². The molecule has 2 aromatic carbocycles. The summed E-state index contributed by atoms with van der Waals surface area (Å²) in [5.41, 5.74) is 1.20. The van der Waals surface area contributed by atoms with Gasteiger partial charge in [-0.3, -0.25) is 0 Å². The Labute approximate surface area is 120 Å². The maximum absolute atomic E-state index is 8.71. The maximum Gasteiger partial charge on any atom is 0.127 e. The molecule has 0 saturated carbocycles. The summed E-state index contributed by atoms with van der Waals surface area (Å²) in [6.07, 6.45) is 1.85. The number of aliphatic hydroxyl groups is 1. The van der Waals surface area contributed by atoms with E-state index in [0.717, 1.165) is 37.4 Å². The van der Waals surface area contributed by atoms with Crippen LogP contribution in [0.15, 0.2) is 54.6 Å². The van der Waals surface area contributed by atoms with Crippen molar-refractivity contribution >= 4 is 0 Å². The zero-order valence-electron chi connectivity index (χ0n) is 11.6. The lowest BCUT2D eigenvalue weighted by Gasteiger charge is -2.08. The smallest absolute Gasteiger partial charge is 0.127 e. The van der Waals surface area contributed by atoms with Crippen molar-refractivity contribution in [2.45, 2.75) is 19.4 Å². The fourth-order valence-corrected chi connectivity index (χ4v) is 1.94. The highest BCUT2D eigenvalue weighted by molar-refractivity contribution is 5.33. The average Bonchev–Trinajstić information content (AvgIpc) is 2.48. The standard InChI is InChI=1S/C17H21NO2/c19-12-5-4-11-18-14-15-7-6-10-17(13-15)20-16-8-2-1-3-9-16/h1-3,6-10,13,18-19H,4-5,11-12,14H2. The summed E-state index contributed by atoms with van der Waals surface area (Å²) >= 11 is 0. The minimum atomic E-state index is 0.266. The highest BCUT2D eigenvalue weighted by Crippen LogP contribution is 2.21. The van der Waals surface area contributed by atoms with Crippen LogP contribution in [-0.4, -0.2) is 18.3 Å². The van der Waals surface area contributed by atoms with E-state index < -0.39 is 0 Å². The van der Waals surface area contributed by atoms with Crippen molar-refractivity contribution in [1.82, 2.24) is 5.32 Å². The third kappa shape index (κ3) is 5.03. The Kier molecular flexibility index (Phi) is 6.08. The molecular formula is C17H21NO2. The zero-order valence-corrected chi connectivity index (χ0v) is 11.6. The van der Waals surface area contributed by atoms with Gasteiger partial charge in [0.15, 0.2) is 0 Å². The molecule has 2 rings (SSSR count). The van der Waals surface area contributed by atoms with Gasteiger partial charge in [-0.15, -0.1) is 0 Å². The van der Waals surface area contributed by atoms with Crippen molar-refractivity contribution in [3.63, 3.8) is 0 Å². The Morgan fingerprint density at radius 3 is 2.50 bits per heavy atom. The van der Waals surface area contributed by atoms with Gasteiger partial charge in [-0.25, -0.2) is 0 Å². The first-order chi connectivity index (χ1) is 9.88. The van der Waals surface area contributed by atoms with Crippen LogP contribution in [0.4, 0.5) is 0 Å². The molecule has 0 aromatic heterocycles. The van der Waals surface area contributed by atoms with Crippen LogP contribution in [0.25, 0.3) is 0 Å². The molecular weight excluding hydrogens is 250 g/mol. The molecule has 2 N–H and O–H groups in total. The number of aliphatic hydroxyl groups excluding tert-OH is 1. The topological polar surface area (TPSA) is 41.5 Å². The van der Waals surface area contributed by atoms with Gasteiger partial charge in [-0.05, 0) is 49.2 Å². The highest BCUT2D eigenvalue weighted by Gasteiger charge is 1.98. The molecule has 0 amide bonds. The van der Waals surface area contributed by atoms with Crippen molar-refractivity contribution in [2.75, 3.05) is 13.2 Å². The van der Waals surface area contributed by atoms with E-state index in [-0.39, 0.29) is 6.61 Å². The molecule has 0 unspecified atom stereocenters. The number of hydrogen-bond donors (Lipinski definition) is 2. The fourth-order valence-electron chi connectivity index (χ4n) is 1.94. The first-order valence-corrected chi connectivity index (χ1v) is 7.02. The summed E-state index contributed by atoms with van der Waals surface area (Å²) in [7, 11) is 0. The maximum atomic E-state index is 8.71. The predicted octanol–water partition coefficient (Wildman–Crippen LogP) is 3.34. The van der Waals surface area contributed by atoms with Crippen LogP contribution >= 0.6 is 0 Å². The molecule has 0 aliphatic heterocycles. The lowest BCUT2D eigenvalue weighted by molar-refractivity contribution is 0.283. The average molecular weight is 271 g/mol. The molecule has 0 aliphatic rings.